The monoisotopic (exact) mass is 207 g/mol. The highest BCUT2D eigenvalue weighted by Gasteiger charge is 2.32. The van der Waals surface area contributed by atoms with Gasteiger partial charge in [0.15, 0.2) is 0 Å². The molecule has 0 aliphatic carbocycles. The number of rotatable bonds is 3. The third-order valence-corrected chi connectivity index (χ3v) is 2.75. The zero-order valence-corrected chi connectivity index (χ0v) is 9.61. The summed E-state index contributed by atoms with van der Waals surface area (Å²) in [6, 6.07) is 7.81. The number of carboxylic acids is 1. The molecule has 1 rings (SSSR count). The topological polar surface area (TPSA) is 40.5 Å². The Balaban J connectivity index is 3.04. The van der Waals surface area contributed by atoms with Gasteiger partial charge in [0.05, 0.1) is 0 Å². The van der Waals surface area contributed by atoms with Crippen molar-refractivity contribution in [1.82, 2.24) is 0 Å². The van der Waals surface area contributed by atoms with Crippen LogP contribution in [-0.4, -0.2) is 23.7 Å². The number of aryl methyl sites for hydroxylation is 1. The normalized spacial score (nSPS) is 11.2. The predicted octanol–water partition coefficient (Wildman–Crippen LogP) is 2.29. The molecule has 3 nitrogen and oxygen atoms in total. The Hall–Kier alpha value is -1.51. The van der Waals surface area contributed by atoms with Crippen LogP contribution in [-0.2, 0) is 4.79 Å². The lowest BCUT2D eigenvalue weighted by atomic mass is 10.0. The quantitative estimate of drug-likeness (QED) is 0.826. The second-order valence-electron chi connectivity index (χ2n) is 4.26. The van der Waals surface area contributed by atoms with E-state index in [2.05, 4.69) is 0 Å². The lowest BCUT2D eigenvalue weighted by molar-refractivity contribution is -0.142. The smallest absolute Gasteiger partial charge is 0.328 e. The van der Waals surface area contributed by atoms with Crippen LogP contribution < -0.4 is 4.90 Å². The lowest BCUT2D eigenvalue weighted by Crippen LogP contribution is -2.48. The molecular weight excluding hydrogens is 190 g/mol. The van der Waals surface area contributed by atoms with E-state index in [0.717, 1.165) is 11.3 Å². The van der Waals surface area contributed by atoms with Gasteiger partial charge in [0.1, 0.15) is 5.54 Å². The molecule has 1 N–H and O–H groups in total. The molecule has 82 valence electrons. The van der Waals surface area contributed by atoms with Gasteiger partial charge in [-0.2, -0.15) is 0 Å². The van der Waals surface area contributed by atoms with Crippen LogP contribution in [0.25, 0.3) is 0 Å². The number of benzene rings is 1. The van der Waals surface area contributed by atoms with E-state index < -0.39 is 11.5 Å². The molecule has 3 heteroatoms. The molecule has 0 aliphatic heterocycles. The SMILES string of the molecule is Cc1cccc(N(C)C(C)(C)C(=O)O)c1. The van der Waals surface area contributed by atoms with Crippen molar-refractivity contribution < 1.29 is 9.90 Å². The molecule has 1 aromatic carbocycles. The summed E-state index contributed by atoms with van der Waals surface area (Å²) in [5.41, 5.74) is 1.15. The van der Waals surface area contributed by atoms with Gasteiger partial charge in [0, 0.05) is 12.7 Å². The fourth-order valence-corrected chi connectivity index (χ4v) is 1.30. The molecule has 0 atom stereocenters. The molecule has 0 unspecified atom stereocenters. The number of hydrogen-bond donors (Lipinski definition) is 1. The molecule has 0 spiro atoms. The maximum atomic E-state index is 11.1. The summed E-state index contributed by atoms with van der Waals surface area (Å²) in [5, 5.41) is 9.10. The molecule has 15 heavy (non-hydrogen) atoms. The molecule has 0 heterocycles. The summed E-state index contributed by atoms with van der Waals surface area (Å²) < 4.78 is 0. The van der Waals surface area contributed by atoms with E-state index in [4.69, 9.17) is 5.11 Å². The van der Waals surface area contributed by atoms with Crippen molar-refractivity contribution in [3.05, 3.63) is 29.8 Å². The zero-order valence-electron chi connectivity index (χ0n) is 9.61. The highest BCUT2D eigenvalue weighted by Crippen LogP contribution is 2.23. The minimum Gasteiger partial charge on any atom is -0.480 e. The summed E-state index contributed by atoms with van der Waals surface area (Å²) in [7, 11) is 1.79. The van der Waals surface area contributed by atoms with Crippen molar-refractivity contribution >= 4 is 11.7 Å². The molecule has 0 aliphatic rings. The second-order valence-corrected chi connectivity index (χ2v) is 4.26. The first kappa shape index (κ1) is 11.6. The van der Waals surface area contributed by atoms with Crippen LogP contribution in [0.5, 0.6) is 0 Å². The van der Waals surface area contributed by atoms with Gasteiger partial charge < -0.3 is 10.0 Å². The number of aliphatic carboxylic acids is 1. The molecular formula is C12H17NO2. The molecule has 0 saturated heterocycles. The molecule has 0 fully saturated rings. The Morgan fingerprint density at radius 1 is 1.40 bits per heavy atom. The van der Waals surface area contributed by atoms with Gasteiger partial charge in [-0.05, 0) is 38.5 Å². The van der Waals surface area contributed by atoms with Crippen LogP contribution in [0.3, 0.4) is 0 Å². The lowest BCUT2D eigenvalue weighted by Gasteiger charge is -2.33. The number of carboxylic acid groups (broad SMARTS) is 1. The van der Waals surface area contributed by atoms with Crippen LogP contribution in [0.2, 0.25) is 0 Å². The van der Waals surface area contributed by atoms with Gasteiger partial charge in [-0.15, -0.1) is 0 Å². The zero-order chi connectivity index (χ0) is 11.6. The summed E-state index contributed by atoms with van der Waals surface area (Å²) in [5.74, 6) is -0.827. The van der Waals surface area contributed by atoms with E-state index in [9.17, 15) is 4.79 Å². The number of nitrogens with zero attached hydrogens (tertiary/aromatic N) is 1. The van der Waals surface area contributed by atoms with Crippen LogP contribution in [0.4, 0.5) is 5.69 Å². The average molecular weight is 207 g/mol. The number of hydrogen-bond acceptors (Lipinski definition) is 2. The van der Waals surface area contributed by atoms with Crippen LogP contribution in [0.1, 0.15) is 19.4 Å². The van der Waals surface area contributed by atoms with E-state index in [1.54, 1.807) is 25.8 Å². The summed E-state index contributed by atoms with van der Waals surface area (Å²) >= 11 is 0. The predicted molar refractivity (Wildman–Crippen MR) is 61.3 cm³/mol. The van der Waals surface area contributed by atoms with Gasteiger partial charge in [-0.3, -0.25) is 0 Å². The van der Waals surface area contributed by atoms with Crippen molar-refractivity contribution in [1.29, 1.82) is 0 Å². The number of anilines is 1. The third-order valence-electron chi connectivity index (χ3n) is 2.75. The standard InChI is InChI=1S/C12H17NO2/c1-9-6-5-7-10(8-9)13(4)12(2,3)11(14)15/h5-8H,1-4H3,(H,14,15). The average Bonchev–Trinajstić information content (AvgIpc) is 2.16. The molecule has 0 amide bonds. The Labute approximate surface area is 90.3 Å². The summed E-state index contributed by atoms with van der Waals surface area (Å²) in [6.07, 6.45) is 0. The van der Waals surface area contributed by atoms with Gasteiger partial charge in [0.25, 0.3) is 0 Å². The van der Waals surface area contributed by atoms with E-state index in [0.29, 0.717) is 0 Å². The van der Waals surface area contributed by atoms with E-state index >= 15 is 0 Å². The Bertz CT molecular complexity index is 372. The van der Waals surface area contributed by atoms with Crippen molar-refractivity contribution in [3.8, 4) is 0 Å². The first-order valence-electron chi connectivity index (χ1n) is 4.89. The number of carbonyl (C=O) groups is 1. The first-order valence-corrected chi connectivity index (χ1v) is 4.89. The van der Waals surface area contributed by atoms with E-state index in [1.807, 2.05) is 31.2 Å². The van der Waals surface area contributed by atoms with Crippen molar-refractivity contribution in [3.63, 3.8) is 0 Å². The molecule has 0 aromatic heterocycles. The van der Waals surface area contributed by atoms with Crippen molar-refractivity contribution in [2.45, 2.75) is 26.3 Å². The Kier molecular flexibility index (Phi) is 3.03. The first-order chi connectivity index (χ1) is 6.85. The Morgan fingerprint density at radius 3 is 2.47 bits per heavy atom. The fraction of sp³-hybridized carbons (Fsp3) is 0.417. The fourth-order valence-electron chi connectivity index (χ4n) is 1.30. The summed E-state index contributed by atoms with van der Waals surface area (Å²) in [4.78, 5) is 12.8. The van der Waals surface area contributed by atoms with Gasteiger partial charge in [0.2, 0.25) is 0 Å². The highest BCUT2D eigenvalue weighted by atomic mass is 16.4. The number of likely N-dealkylation sites (N-methyl/N-ethyl adjacent to an activating group) is 1. The second kappa shape index (κ2) is 3.93. The minimum absolute atomic E-state index is 0.827. The largest absolute Gasteiger partial charge is 0.480 e. The van der Waals surface area contributed by atoms with Crippen LogP contribution in [0.15, 0.2) is 24.3 Å². The molecule has 0 bridgehead atoms. The Morgan fingerprint density at radius 2 is 2.00 bits per heavy atom. The molecule has 1 aromatic rings. The van der Waals surface area contributed by atoms with Gasteiger partial charge >= 0.3 is 5.97 Å². The maximum Gasteiger partial charge on any atom is 0.328 e. The highest BCUT2D eigenvalue weighted by molar-refractivity contribution is 5.82. The molecule has 0 radical (unpaired) electrons. The van der Waals surface area contributed by atoms with E-state index in [-0.39, 0.29) is 0 Å². The van der Waals surface area contributed by atoms with Crippen LogP contribution in [0, 0.1) is 6.92 Å². The van der Waals surface area contributed by atoms with E-state index in [1.165, 1.54) is 0 Å². The van der Waals surface area contributed by atoms with Crippen molar-refractivity contribution in [2.75, 3.05) is 11.9 Å². The van der Waals surface area contributed by atoms with Gasteiger partial charge in [-0.25, -0.2) is 4.79 Å². The van der Waals surface area contributed by atoms with Crippen molar-refractivity contribution in [2.24, 2.45) is 0 Å². The maximum absolute atomic E-state index is 11.1. The third kappa shape index (κ3) is 2.29. The molecule has 0 saturated carbocycles. The van der Waals surface area contributed by atoms with Crippen LogP contribution >= 0.6 is 0 Å². The minimum atomic E-state index is -0.895. The summed E-state index contributed by atoms with van der Waals surface area (Å²) in [6.45, 7) is 5.38. The van der Waals surface area contributed by atoms with Gasteiger partial charge in [-0.1, -0.05) is 12.1 Å².